The fourth-order valence-electron chi connectivity index (χ4n) is 2.70. The molecule has 0 saturated carbocycles. The van der Waals surface area contributed by atoms with Crippen LogP contribution in [0.2, 0.25) is 0 Å². The Bertz CT molecular complexity index is 827. The lowest BCUT2D eigenvalue weighted by Crippen LogP contribution is -2.42. The van der Waals surface area contributed by atoms with Gasteiger partial charge in [-0.15, -0.1) is 0 Å². The molecule has 134 valence electrons. The van der Waals surface area contributed by atoms with Gasteiger partial charge in [-0.3, -0.25) is 14.9 Å². The smallest absolute Gasteiger partial charge is 0.378 e. The number of nitrogens with zero attached hydrogens (tertiary/aromatic N) is 4. The number of nitro benzene ring substituents is 1. The Hall–Kier alpha value is -2.69. The lowest BCUT2D eigenvalue weighted by molar-refractivity contribution is -0.383. The SMILES string of the molecule is O=C(Cn1c(C(F)(F)F)nc2c([N+](=O)[O-])cccc21)N1CCOCC1. The molecule has 0 aliphatic carbocycles. The predicted molar refractivity (Wildman–Crippen MR) is 78.8 cm³/mol. The maximum absolute atomic E-state index is 13.3. The van der Waals surface area contributed by atoms with E-state index in [0.717, 1.165) is 6.07 Å². The molecule has 1 aromatic carbocycles. The highest BCUT2D eigenvalue weighted by atomic mass is 19.4. The summed E-state index contributed by atoms with van der Waals surface area (Å²) in [7, 11) is 0. The average molecular weight is 358 g/mol. The zero-order chi connectivity index (χ0) is 18.2. The van der Waals surface area contributed by atoms with Gasteiger partial charge < -0.3 is 14.2 Å². The van der Waals surface area contributed by atoms with Crippen LogP contribution in [-0.2, 0) is 22.3 Å². The van der Waals surface area contributed by atoms with E-state index in [1.807, 2.05) is 0 Å². The fraction of sp³-hybridized carbons (Fsp3) is 0.429. The van der Waals surface area contributed by atoms with Gasteiger partial charge in [-0.1, -0.05) is 6.07 Å². The number of benzene rings is 1. The normalized spacial score (nSPS) is 15.6. The predicted octanol–water partition coefficient (Wildman–Crippen LogP) is 1.82. The van der Waals surface area contributed by atoms with Gasteiger partial charge in [0.15, 0.2) is 5.52 Å². The molecular weight excluding hydrogens is 345 g/mol. The number of fused-ring (bicyclic) bond motifs is 1. The quantitative estimate of drug-likeness (QED) is 0.617. The monoisotopic (exact) mass is 358 g/mol. The van der Waals surface area contributed by atoms with E-state index < -0.39 is 40.6 Å². The van der Waals surface area contributed by atoms with E-state index >= 15 is 0 Å². The molecule has 0 N–H and O–H groups in total. The molecule has 0 bridgehead atoms. The number of rotatable bonds is 3. The molecule has 1 aliphatic rings. The van der Waals surface area contributed by atoms with Crippen LogP contribution in [0.25, 0.3) is 11.0 Å². The summed E-state index contributed by atoms with van der Waals surface area (Å²) in [6.07, 6.45) is -4.85. The highest BCUT2D eigenvalue weighted by Gasteiger charge is 2.39. The highest BCUT2D eigenvalue weighted by molar-refractivity contribution is 5.87. The number of imidazole rings is 1. The molecule has 25 heavy (non-hydrogen) atoms. The maximum Gasteiger partial charge on any atom is 0.449 e. The fourth-order valence-corrected chi connectivity index (χ4v) is 2.70. The second-order valence-corrected chi connectivity index (χ2v) is 5.41. The zero-order valence-electron chi connectivity index (χ0n) is 12.8. The molecule has 1 aliphatic heterocycles. The number of para-hydroxylation sites is 1. The highest BCUT2D eigenvalue weighted by Crippen LogP contribution is 2.34. The van der Waals surface area contributed by atoms with Gasteiger partial charge in [0.05, 0.1) is 23.7 Å². The summed E-state index contributed by atoms with van der Waals surface area (Å²) < 4.78 is 45.7. The average Bonchev–Trinajstić information content (AvgIpc) is 2.94. The van der Waals surface area contributed by atoms with Crippen LogP contribution in [0.4, 0.5) is 18.9 Å². The molecule has 2 heterocycles. The summed E-state index contributed by atoms with van der Waals surface area (Å²) in [5.41, 5.74) is -1.04. The van der Waals surface area contributed by atoms with Crippen LogP contribution < -0.4 is 0 Å². The van der Waals surface area contributed by atoms with Gasteiger partial charge in [-0.05, 0) is 6.07 Å². The van der Waals surface area contributed by atoms with Gasteiger partial charge >= 0.3 is 6.18 Å². The Labute approximate surface area is 138 Å². The van der Waals surface area contributed by atoms with Crippen molar-refractivity contribution in [2.24, 2.45) is 0 Å². The lowest BCUT2D eigenvalue weighted by Gasteiger charge is -2.27. The van der Waals surface area contributed by atoms with Gasteiger partial charge in [0.2, 0.25) is 11.7 Å². The number of non-ortho nitro benzene ring substituents is 1. The summed E-state index contributed by atoms with van der Waals surface area (Å²) in [6, 6.07) is 3.61. The van der Waals surface area contributed by atoms with Crippen molar-refractivity contribution in [1.29, 1.82) is 0 Å². The van der Waals surface area contributed by atoms with Crippen molar-refractivity contribution in [2.75, 3.05) is 26.3 Å². The summed E-state index contributed by atoms with van der Waals surface area (Å²) in [6.45, 7) is 0.592. The standard InChI is InChI=1S/C14H13F3N4O4/c15-14(16,17)13-18-12-9(2-1-3-10(12)21(23)24)20(13)8-11(22)19-4-6-25-7-5-19/h1-3H,4-8H2. The molecule has 1 fully saturated rings. The van der Waals surface area contributed by atoms with Crippen LogP contribution in [0.1, 0.15) is 5.82 Å². The van der Waals surface area contributed by atoms with Crippen LogP contribution in [0.3, 0.4) is 0 Å². The molecule has 1 saturated heterocycles. The number of halogens is 3. The van der Waals surface area contributed by atoms with Gasteiger partial charge in [0.1, 0.15) is 6.54 Å². The largest absolute Gasteiger partial charge is 0.449 e. The Balaban J connectivity index is 2.07. The Morgan fingerprint density at radius 3 is 2.60 bits per heavy atom. The van der Waals surface area contributed by atoms with Crippen molar-refractivity contribution < 1.29 is 27.6 Å². The minimum Gasteiger partial charge on any atom is -0.378 e. The molecule has 8 nitrogen and oxygen atoms in total. The van der Waals surface area contributed by atoms with Gasteiger partial charge in [-0.2, -0.15) is 13.2 Å². The topological polar surface area (TPSA) is 90.5 Å². The maximum atomic E-state index is 13.3. The molecule has 3 rings (SSSR count). The Morgan fingerprint density at radius 2 is 2.00 bits per heavy atom. The molecule has 2 aromatic rings. The number of aromatic nitrogens is 2. The summed E-state index contributed by atoms with van der Waals surface area (Å²) >= 11 is 0. The van der Waals surface area contributed by atoms with E-state index in [2.05, 4.69) is 4.98 Å². The van der Waals surface area contributed by atoms with Crippen molar-refractivity contribution in [3.63, 3.8) is 0 Å². The summed E-state index contributed by atoms with van der Waals surface area (Å²) in [4.78, 5) is 27.4. The molecule has 1 aromatic heterocycles. The summed E-state index contributed by atoms with van der Waals surface area (Å²) in [5.74, 6) is -1.86. The number of hydrogen-bond acceptors (Lipinski definition) is 5. The first-order valence-corrected chi connectivity index (χ1v) is 7.35. The van der Waals surface area contributed by atoms with Crippen molar-refractivity contribution >= 4 is 22.6 Å². The van der Waals surface area contributed by atoms with E-state index in [-0.39, 0.29) is 18.6 Å². The third-order valence-electron chi connectivity index (χ3n) is 3.87. The number of amides is 1. The first-order chi connectivity index (χ1) is 11.8. The van der Waals surface area contributed by atoms with Crippen LogP contribution in [-0.4, -0.2) is 51.6 Å². The first kappa shape index (κ1) is 17.1. The van der Waals surface area contributed by atoms with E-state index in [0.29, 0.717) is 17.8 Å². The van der Waals surface area contributed by atoms with Crippen LogP contribution >= 0.6 is 0 Å². The number of nitro groups is 1. The third-order valence-corrected chi connectivity index (χ3v) is 3.87. The van der Waals surface area contributed by atoms with Gasteiger partial charge in [-0.25, -0.2) is 4.98 Å². The number of hydrogen-bond donors (Lipinski definition) is 0. The zero-order valence-corrected chi connectivity index (χ0v) is 12.8. The van der Waals surface area contributed by atoms with Gasteiger partial charge in [0.25, 0.3) is 5.69 Å². The number of carbonyl (C=O) groups is 1. The van der Waals surface area contributed by atoms with E-state index in [9.17, 15) is 28.1 Å². The molecule has 0 unspecified atom stereocenters. The molecule has 11 heteroatoms. The number of morpholine rings is 1. The number of ether oxygens (including phenoxy) is 1. The lowest BCUT2D eigenvalue weighted by atomic mass is 10.2. The van der Waals surface area contributed by atoms with Crippen molar-refractivity contribution in [3.8, 4) is 0 Å². The van der Waals surface area contributed by atoms with Crippen molar-refractivity contribution in [1.82, 2.24) is 14.5 Å². The van der Waals surface area contributed by atoms with Crippen molar-refractivity contribution in [2.45, 2.75) is 12.7 Å². The van der Waals surface area contributed by atoms with E-state index in [4.69, 9.17) is 4.74 Å². The molecule has 1 amide bonds. The Morgan fingerprint density at radius 1 is 1.32 bits per heavy atom. The van der Waals surface area contributed by atoms with E-state index in [1.54, 1.807) is 0 Å². The molecule has 0 atom stereocenters. The second-order valence-electron chi connectivity index (χ2n) is 5.41. The number of alkyl halides is 3. The minimum atomic E-state index is -4.85. The number of carbonyl (C=O) groups excluding carboxylic acids is 1. The molecule has 0 radical (unpaired) electrons. The van der Waals surface area contributed by atoms with Crippen LogP contribution in [0.5, 0.6) is 0 Å². The molecule has 0 spiro atoms. The Kier molecular flexibility index (Phi) is 4.33. The van der Waals surface area contributed by atoms with E-state index in [1.165, 1.54) is 17.0 Å². The second kappa shape index (κ2) is 6.31. The van der Waals surface area contributed by atoms with Crippen LogP contribution in [0.15, 0.2) is 18.2 Å². The third kappa shape index (κ3) is 3.27. The van der Waals surface area contributed by atoms with Crippen molar-refractivity contribution in [3.05, 3.63) is 34.1 Å². The van der Waals surface area contributed by atoms with Gasteiger partial charge in [0, 0.05) is 19.2 Å². The minimum absolute atomic E-state index is 0.108. The summed E-state index contributed by atoms with van der Waals surface area (Å²) in [5, 5.41) is 11.0. The molecular formula is C14H13F3N4O4. The first-order valence-electron chi connectivity index (χ1n) is 7.35. The van der Waals surface area contributed by atoms with Crippen LogP contribution in [0, 0.1) is 10.1 Å².